The highest BCUT2D eigenvalue weighted by molar-refractivity contribution is 4.80. The number of hydrogen-bond donors (Lipinski definition) is 2. The van der Waals surface area contributed by atoms with E-state index in [0.717, 1.165) is 38.8 Å². The topological polar surface area (TPSA) is 41.5 Å². The average molecular weight is 185 g/mol. The fourth-order valence-corrected chi connectivity index (χ4v) is 2.25. The van der Waals surface area contributed by atoms with Gasteiger partial charge in [0.25, 0.3) is 0 Å². The molecule has 1 heterocycles. The maximum atomic E-state index is 9.57. The Labute approximate surface area is 79.5 Å². The Hall–Kier alpha value is -0.120. The normalized spacial score (nSPS) is 40.8. The Morgan fingerprint density at radius 1 is 1.15 bits per heavy atom. The lowest BCUT2D eigenvalue weighted by molar-refractivity contribution is -0.0680. The van der Waals surface area contributed by atoms with E-state index in [1.54, 1.807) is 0 Å². The molecule has 0 bridgehead atoms. The SMILES string of the molecule is OC1CCCC1O[C@H]1CCCNC1. The minimum atomic E-state index is -0.207. The predicted octanol–water partition coefficient (Wildman–Crippen LogP) is 0.668. The first-order chi connectivity index (χ1) is 6.36. The molecule has 0 aromatic heterocycles. The second kappa shape index (κ2) is 4.40. The Balaban J connectivity index is 1.75. The number of aliphatic hydroxyl groups is 1. The number of hydrogen-bond acceptors (Lipinski definition) is 3. The van der Waals surface area contributed by atoms with E-state index in [0.29, 0.717) is 6.10 Å². The molecule has 1 aliphatic carbocycles. The van der Waals surface area contributed by atoms with Gasteiger partial charge in [-0.3, -0.25) is 0 Å². The van der Waals surface area contributed by atoms with Crippen LogP contribution in [0.3, 0.4) is 0 Å². The molecule has 0 aromatic carbocycles. The van der Waals surface area contributed by atoms with Crippen LogP contribution in [0.25, 0.3) is 0 Å². The van der Waals surface area contributed by atoms with E-state index in [2.05, 4.69) is 5.32 Å². The lowest BCUT2D eigenvalue weighted by atomic mass is 10.1. The van der Waals surface area contributed by atoms with Gasteiger partial charge in [-0.2, -0.15) is 0 Å². The zero-order chi connectivity index (χ0) is 9.10. The van der Waals surface area contributed by atoms with Crippen LogP contribution in [0.1, 0.15) is 32.1 Å². The van der Waals surface area contributed by atoms with Crippen molar-refractivity contribution in [3.63, 3.8) is 0 Å². The Morgan fingerprint density at radius 2 is 2.08 bits per heavy atom. The van der Waals surface area contributed by atoms with Gasteiger partial charge in [0.2, 0.25) is 0 Å². The maximum absolute atomic E-state index is 9.57. The van der Waals surface area contributed by atoms with Gasteiger partial charge in [0.15, 0.2) is 0 Å². The van der Waals surface area contributed by atoms with Crippen LogP contribution in [-0.2, 0) is 4.74 Å². The van der Waals surface area contributed by atoms with Crippen molar-refractivity contribution in [3.05, 3.63) is 0 Å². The third-order valence-electron chi connectivity index (χ3n) is 3.04. The summed E-state index contributed by atoms with van der Waals surface area (Å²) in [6.45, 7) is 2.08. The van der Waals surface area contributed by atoms with Crippen LogP contribution in [0.5, 0.6) is 0 Å². The van der Waals surface area contributed by atoms with Crippen molar-refractivity contribution >= 4 is 0 Å². The zero-order valence-corrected chi connectivity index (χ0v) is 8.04. The third-order valence-corrected chi connectivity index (χ3v) is 3.04. The number of nitrogens with one attached hydrogen (secondary N) is 1. The molecular weight excluding hydrogens is 166 g/mol. The first-order valence-corrected chi connectivity index (χ1v) is 5.40. The summed E-state index contributed by atoms with van der Waals surface area (Å²) in [6.07, 6.45) is 5.68. The molecule has 13 heavy (non-hydrogen) atoms. The zero-order valence-electron chi connectivity index (χ0n) is 8.04. The van der Waals surface area contributed by atoms with E-state index in [-0.39, 0.29) is 12.2 Å². The smallest absolute Gasteiger partial charge is 0.0838 e. The van der Waals surface area contributed by atoms with Crippen molar-refractivity contribution in [3.8, 4) is 0 Å². The first kappa shape index (κ1) is 9.44. The van der Waals surface area contributed by atoms with Crippen LogP contribution >= 0.6 is 0 Å². The van der Waals surface area contributed by atoms with E-state index in [1.807, 2.05) is 0 Å². The van der Waals surface area contributed by atoms with Gasteiger partial charge in [0, 0.05) is 6.54 Å². The minimum absolute atomic E-state index is 0.116. The van der Waals surface area contributed by atoms with Gasteiger partial charge < -0.3 is 15.2 Å². The van der Waals surface area contributed by atoms with Gasteiger partial charge in [-0.1, -0.05) is 0 Å². The summed E-state index contributed by atoms with van der Waals surface area (Å²) in [6, 6.07) is 0. The standard InChI is InChI=1S/C10H19NO2/c12-9-4-1-5-10(9)13-8-3-2-6-11-7-8/h8-12H,1-7H2/t8-,9?,10?/m0/s1. The fraction of sp³-hybridized carbons (Fsp3) is 1.00. The third kappa shape index (κ3) is 2.42. The number of rotatable bonds is 2. The predicted molar refractivity (Wildman–Crippen MR) is 50.6 cm³/mol. The van der Waals surface area contributed by atoms with E-state index in [4.69, 9.17) is 4.74 Å². The van der Waals surface area contributed by atoms with Gasteiger partial charge in [0.05, 0.1) is 18.3 Å². The molecule has 1 saturated carbocycles. The molecule has 2 fully saturated rings. The van der Waals surface area contributed by atoms with Gasteiger partial charge >= 0.3 is 0 Å². The average Bonchev–Trinajstić information content (AvgIpc) is 2.54. The summed E-state index contributed by atoms with van der Waals surface area (Å²) < 4.78 is 5.85. The molecule has 2 unspecified atom stereocenters. The molecular formula is C10H19NO2. The monoisotopic (exact) mass is 185 g/mol. The number of aliphatic hydroxyl groups excluding tert-OH is 1. The minimum Gasteiger partial charge on any atom is -0.390 e. The summed E-state index contributed by atoms with van der Waals surface area (Å²) in [5.41, 5.74) is 0. The highest BCUT2D eigenvalue weighted by atomic mass is 16.5. The lowest BCUT2D eigenvalue weighted by Gasteiger charge is -2.27. The second-order valence-electron chi connectivity index (χ2n) is 4.14. The highest BCUT2D eigenvalue weighted by Crippen LogP contribution is 2.24. The summed E-state index contributed by atoms with van der Waals surface area (Å²) in [4.78, 5) is 0. The van der Waals surface area contributed by atoms with Crippen molar-refractivity contribution < 1.29 is 9.84 Å². The van der Waals surface area contributed by atoms with Crippen molar-refractivity contribution in [1.82, 2.24) is 5.32 Å². The van der Waals surface area contributed by atoms with Crippen LogP contribution in [0.15, 0.2) is 0 Å². The van der Waals surface area contributed by atoms with E-state index in [9.17, 15) is 5.11 Å². The fourth-order valence-electron chi connectivity index (χ4n) is 2.25. The van der Waals surface area contributed by atoms with E-state index >= 15 is 0 Å². The van der Waals surface area contributed by atoms with Crippen molar-refractivity contribution in [1.29, 1.82) is 0 Å². The van der Waals surface area contributed by atoms with Crippen molar-refractivity contribution in [2.75, 3.05) is 13.1 Å². The molecule has 0 spiro atoms. The molecule has 0 radical (unpaired) electrons. The molecule has 2 rings (SSSR count). The Morgan fingerprint density at radius 3 is 2.69 bits per heavy atom. The van der Waals surface area contributed by atoms with Gasteiger partial charge in [0.1, 0.15) is 0 Å². The summed E-state index contributed by atoms with van der Waals surface area (Å²) >= 11 is 0. The molecule has 0 amide bonds. The van der Waals surface area contributed by atoms with E-state index in [1.165, 1.54) is 6.42 Å². The number of ether oxygens (including phenoxy) is 1. The lowest BCUT2D eigenvalue weighted by Crippen LogP contribution is -2.39. The van der Waals surface area contributed by atoms with Crippen LogP contribution in [0.2, 0.25) is 0 Å². The molecule has 2 aliphatic rings. The van der Waals surface area contributed by atoms with E-state index < -0.39 is 0 Å². The summed E-state index contributed by atoms with van der Waals surface area (Å²) in [5.74, 6) is 0. The molecule has 3 nitrogen and oxygen atoms in total. The quantitative estimate of drug-likeness (QED) is 0.664. The molecule has 76 valence electrons. The van der Waals surface area contributed by atoms with Crippen LogP contribution in [-0.4, -0.2) is 36.5 Å². The van der Waals surface area contributed by atoms with Crippen LogP contribution in [0, 0.1) is 0 Å². The Kier molecular flexibility index (Phi) is 3.19. The van der Waals surface area contributed by atoms with Gasteiger partial charge in [-0.15, -0.1) is 0 Å². The molecule has 3 atom stereocenters. The molecule has 1 saturated heterocycles. The maximum Gasteiger partial charge on any atom is 0.0838 e. The summed E-state index contributed by atoms with van der Waals surface area (Å²) in [5, 5.41) is 12.9. The molecule has 0 aromatic rings. The van der Waals surface area contributed by atoms with Gasteiger partial charge in [-0.25, -0.2) is 0 Å². The van der Waals surface area contributed by atoms with Crippen LogP contribution in [0.4, 0.5) is 0 Å². The molecule has 3 heteroatoms. The highest BCUT2D eigenvalue weighted by Gasteiger charge is 2.28. The van der Waals surface area contributed by atoms with Gasteiger partial charge in [-0.05, 0) is 38.6 Å². The largest absolute Gasteiger partial charge is 0.390 e. The number of piperidine rings is 1. The first-order valence-electron chi connectivity index (χ1n) is 5.40. The van der Waals surface area contributed by atoms with Crippen LogP contribution < -0.4 is 5.32 Å². The molecule has 1 aliphatic heterocycles. The Bertz CT molecular complexity index is 157. The second-order valence-corrected chi connectivity index (χ2v) is 4.14. The van der Waals surface area contributed by atoms with Crippen molar-refractivity contribution in [2.24, 2.45) is 0 Å². The molecule has 2 N–H and O–H groups in total. The van der Waals surface area contributed by atoms with Crippen molar-refractivity contribution in [2.45, 2.75) is 50.4 Å². The summed E-state index contributed by atoms with van der Waals surface area (Å²) in [7, 11) is 0.